The van der Waals surface area contributed by atoms with Gasteiger partial charge >= 0.3 is 0 Å². The lowest BCUT2D eigenvalue weighted by Crippen LogP contribution is -2.25. The molecular formula is C11H15N3. The lowest BCUT2D eigenvalue weighted by Gasteiger charge is -2.20. The van der Waals surface area contributed by atoms with Gasteiger partial charge in [-0.25, -0.2) is 4.98 Å². The molecule has 1 aromatic heterocycles. The van der Waals surface area contributed by atoms with Gasteiger partial charge in [0.1, 0.15) is 11.6 Å². The van der Waals surface area contributed by atoms with Crippen LogP contribution in [0, 0.1) is 12.3 Å². The maximum Gasteiger partial charge on any atom is 0.131 e. The third-order valence-corrected chi connectivity index (χ3v) is 1.86. The van der Waals surface area contributed by atoms with Gasteiger partial charge in [-0.05, 0) is 18.6 Å². The summed E-state index contributed by atoms with van der Waals surface area (Å²) in [5, 5.41) is 0. The van der Waals surface area contributed by atoms with Gasteiger partial charge in [-0.1, -0.05) is 18.9 Å². The second kappa shape index (κ2) is 5.13. The van der Waals surface area contributed by atoms with Gasteiger partial charge in [0.2, 0.25) is 0 Å². The first-order chi connectivity index (χ1) is 6.77. The molecule has 0 amide bonds. The molecule has 2 N–H and O–H groups in total. The van der Waals surface area contributed by atoms with Crippen molar-refractivity contribution in [3.05, 3.63) is 18.2 Å². The number of hydrogen-bond acceptors (Lipinski definition) is 3. The largest absolute Gasteiger partial charge is 0.384 e. The summed E-state index contributed by atoms with van der Waals surface area (Å²) < 4.78 is 0. The molecule has 1 aromatic rings. The lowest BCUT2D eigenvalue weighted by molar-refractivity contribution is 0.810. The highest BCUT2D eigenvalue weighted by Crippen LogP contribution is 2.12. The van der Waals surface area contributed by atoms with Crippen molar-refractivity contribution in [1.82, 2.24) is 4.98 Å². The fourth-order valence-corrected chi connectivity index (χ4v) is 1.27. The van der Waals surface area contributed by atoms with E-state index in [1.54, 1.807) is 6.07 Å². The Morgan fingerprint density at radius 1 is 1.57 bits per heavy atom. The van der Waals surface area contributed by atoms with Crippen LogP contribution in [-0.2, 0) is 0 Å². The van der Waals surface area contributed by atoms with Gasteiger partial charge in [-0.2, -0.15) is 0 Å². The molecule has 0 spiro atoms. The van der Waals surface area contributed by atoms with Gasteiger partial charge < -0.3 is 10.6 Å². The first-order valence-corrected chi connectivity index (χ1v) is 4.69. The topological polar surface area (TPSA) is 42.1 Å². The van der Waals surface area contributed by atoms with Gasteiger partial charge in [0.25, 0.3) is 0 Å². The molecule has 0 unspecified atom stereocenters. The molecule has 3 nitrogen and oxygen atoms in total. The van der Waals surface area contributed by atoms with E-state index in [1.165, 1.54) is 0 Å². The molecule has 0 fully saturated rings. The second-order valence-electron chi connectivity index (χ2n) is 3.05. The van der Waals surface area contributed by atoms with Crippen molar-refractivity contribution in [2.45, 2.75) is 13.3 Å². The summed E-state index contributed by atoms with van der Waals surface area (Å²) in [4.78, 5) is 6.26. The molecule has 1 heterocycles. The average Bonchev–Trinajstić information content (AvgIpc) is 2.17. The third-order valence-electron chi connectivity index (χ3n) is 1.86. The lowest BCUT2D eigenvalue weighted by atomic mass is 10.3. The summed E-state index contributed by atoms with van der Waals surface area (Å²) in [6, 6.07) is 5.57. The third kappa shape index (κ3) is 2.67. The van der Waals surface area contributed by atoms with Crippen molar-refractivity contribution < 1.29 is 0 Å². The Kier molecular flexibility index (Phi) is 3.81. The van der Waals surface area contributed by atoms with E-state index in [4.69, 9.17) is 12.2 Å². The Hall–Kier alpha value is -1.69. The van der Waals surface area contributed by atoms with E-state index in [0.29, 0.717) is 12.4 Å². The summed E-state index contributed by atoms with van der Waals surface area (Å²) >= 11 is 0. The molecule has 14 heavy (non-hydrogen) atoms. The van der Waals surface area contributed by atoms with Crippen molar-refractivity contribution >= 4 is 11.6 Å². The average molecular weight is 189 g/mol. The molecule has 0 radical (unpaired) electrons. The number of nitrogen functional groups attached to an aromatic ring is 1. The molecule has 0 aliphatic heterocycles. The number of pyridine rings is 1. The van der Waals surface area contributed by atoms with Gasteiger partial charge in [0.05, 0.1) is 6.54 Å². The first kappa shape index (κ1) is 10.4. The smallest absolute Gasteiger partial charge is 0.131 e. The van der Waals surface area contributed by atoms with E-state index in [1.807, 2.05) is 17.0 Å². The van der Waals surface area contributed by atoms with Crippen molar-refractivity contribution in [3.8, 4) is 12.3 Å². The highest BCUT2D eigenvalue weighted by atomic mass is 15.2. The Labute approximate surface area is 84.9 Å². The van der Waals surface area contributed by atoms with Gasteiger partial charge in [-0.15, -0.1) is 6.42 Å². The zero-order chi connectivity index (χ0) is 10.4. The molecule has 0 aromatic carbocycles. The highest BCUT2D eigenvalue weighted by molar-refractivity contribution is 5.45. The van der Waals surface area contributed by atoms with Crippen LogP contribution in [0.3, 0.4) is 0 Å². The number of nitrogens with zero attached hydrogens (tertiary/aromatic N) is 2. The number of hydrogen-bond donors (Lipinski definition) is 1. The molecule has 3 heteroatoms. The van der Waals surface area contributed by atoms with Crippen LogP contribution in [0.5, 0.6) is 0 Å². The quantitative estimate of drug-likeness (QED) is 0.730. The van der Waals surface area contributed by atoms with Crippen LogP contribution in [0.2, 0.25) is 0 Å². The van der Waals surface area contributed by atoms with Crippen molar-refractivity contribution in [2.75, 3.05) is 23.7 Å². The molecule has 0 saturated carbocycles. The molecule has 74 valence electrons. The van der Waals surface area contributed by atoms with Crippen LogP contribution >= 0.6 is 0 Å². The standard InChI is InChI=1S/C11H15N3/c1-3-8-14(9-4-2)11-7-5-6-10(12)13-11/h1,5-7H,4,8-9H2,2H3,(H2,12,13). The van der Waals surface area contributed by atoms with Crippen molar-refractivity contribution in [1.29, 1.82) is 0 Å². The number of aromatic nitrogens is 1. The number of terminal acetylenes is 1. The SMILES string of the molecule is C#CCN(CCC)c1cccc(N)n1. The van der Waals surface area contributed by atoms with Gasteiger partial charge in [-0.3, -0.25) is 0 Å². The van der Waals surface area contributed by atoms with Crippen molar-refractivity contribution in [2.24, 2.45) is 0 Å². The van der Waals surface area contributed by atoms with Crippen LogP contribution in [0.15, 0.2) is 18.2 Å². The summed E-state index contributed by atoms with van der Waals surface area (Å²) in [5.41, 5.74) is 5.60. The molecule has 0 saturated heterocycles. The minimum absolute atomic E-state index is 0.528. The normalized spacial score (nSPS) is 9.43. The summed E-state index contributed by atoms with van der Waals surface area (Å²) in [5.74, 6) is 4.00. The predicted molar refractivity (Wildman–Crippen MR) is 60.0 cm³/mol. The van der Waals surface area contributed by atoms with Crippen LogP contribution in [0.4, 0.5) is 11.6 Å². The maximum absolute atomic E-state index is 5.60. The molecule has 0 bridgehead atoms. The Balaban J connectivity index is 2.82. The Morgan fingerprint density at radius 3 is 2.93 bits per heavy atom. The van der Waals surface area contributed by atoms with Crippen LogP contribution < -0.4 is 10.6 Å². The number of anilines is 2. The van der Waals surface area contributed by atoms with Gasteiger partial charge in [0.15, 0.2) is 0 Å². The zero-order valence-corrected chi connectivity index (χ0v) is 8.40. The Bertz CT molecular complexity index is 328. The first-order valence-electron chi connectivity index (χ1n) is 4.69. The van der Waals surface area contributed by atoms with Crippen LogP contribution in [0.25, 0.3) is 0 Å². The van der Waals surface area contributed by atoms with E-state index < -0.39 is 0 Å². The molecule has 0 aliphatic carbocycles. The summed E-state index contributed by atoms with van der Waals surface area (Å²) in [6.07, 6.45) is 6.32. The number of rotatable bonds is 4. The molecule has 1 rings (SSSR count). The molecular weight excluding hydrogens is 174 g/mol. The highest BCUT2D eigenvalue weighted by Gasteiger charge is 2.04. The van der Waals surface area contributed by atoms with Gasteiger partial charge in [0, 0.05) is 6.54 Å². The maximum atomic E-state index is 5.60. The zero-order valence-electron chi connectivity index (χ0n) is 8.40. The minimum Gasteiger partial charge on any atom is -0.384 e. The fraction of sp³-hybridized carbons (Fsp3) is 0.364. The van der Waals surface area contributed by atoms with E-state index >= 15 is 0 Å². The summed E-state index contributed by atoms with van der Waals surface area (Å²) in [7, 11) is 0. The van der Waals surface area contributed by atoms with E-state index in [2.05, 4.69) is 17.8 Å². The van der Waals surface area contributed by atoms with Crippen LogP contribution in [-0.4, -0.2) is 18.1 Å². The van der Waals surface area contributed by atoms with E-state index in [0.717, 1.165) is 18.8 Å². The second-order valence-corrected chi connectivity index (χ2v) is 3.05. The number of nitrogens with two attached hydrogens (primary N) is 1. The van der Waals surface area contributed by atoms with E-state index in [-0.39, 0.29) is 0 Å². The van der Waals surface area contributed by atoms with Crippen molar-refractivity contribution in [3.63, 3.8) is 0 Å². The fourth-order valence-electron chi connectivity index (χ4n) is 1.27. The van der Waals surface area contributed by atoms with Crippen LogP contribution in [0.1, 0.15) is 13.3 Å². The Morgan fingerprint density at radius 2 is 2.36 bits per heavy atom. The predicted octanol–water partition coefficient (Wildman–Crippen LogP) is 1.51. The summed E-state index contributed by atoms with van der Waals surface area (Å²) in [6.45, 7) is 3.58. The molecule has 0 atom stereocenters. The molecule has 0 aliphatic rings. The monoisotopic (exact) mass is 189 g/mol. The minimum atomic E-state index is 0.528. The van der Waals surface area contributed by atoms with E-state index in [9.17, 15) is 0 Å².